The second-order valence-corrected chi connectivity index (χ2v) is 11.5. The smallest absolute Gasteiger partial charge is 0.264 e. The molecule has 0 saturated heterocycles. The molecule has 0 aliphatic carbocycles. The second kappa shape index (κ2) is 14.2. The predicted molar refractivity (Wildman–Crippen MR) is 158 cm³/mol. The standard InChI is InChI=1S/C30H36ClN3O5S/c1-5-28(30(36)32-6-2)33(20-23-10-8-9-22(4)19-23)29(35)21-34(25-13-15-26(16-14-25)39-7-3)40(37,38)27-17-11-24(31)12-18-27/h8-19,28H,5-7,20-21H2,1-4H3,(H,32,36). The maximum absolute atomic E-state index is 14.0. The molecule has 0 spiro atoms. The monoisotopic (exact) mass is 585 g/mol. The minimum absolute atomic E-state index is 0.0143. The number of rotatable bonds is 13. The zero-order valence-corrected chi connectivity index (χ0v) is 24.8. The van der Waals surface area contributed by atoms with Crippen LogP contribution in [0.4, 0.5) is 5.69 Å². The molecule has 3 aromatic rings. The molecule has 2 amide bonds. The van der Waals surface area contributed by atoms with E-state index in [4.69, 9.17) is 16.3 Å². The van der Waals surface area contributed by atoms with Crippen LogP contribution in [-0.2, 0) is 26.2 Å². The summed E-state index contributed by atoms with van der Waals surface area (Å²) in [5.74, 6) is -0.227. The topological polar surface area (TPSA) is 96.0 Å². The molecule has 3 rings (SSSR count). The predicted octanol–water partition coefficient (Wildman–Crippen LogP) is 5.19. The summed E-state index contributed by atoms with van der Waals surface area (Å²) in [4.78, 5) is 28.5. The van der Waals surface area contributed by atoms with Crippen LogP contribution in [0.1, 0.15) is 38.3 Å². The average molecular weight is 586 g/mol. The van der Waals surface area contributed by atoms with Crippen LogP contribution in [-0.4, -0.2) is 50.9 Å². The highest BCUT2D eigenvalue weighted by atomic mass is 35.5. The maximum atomic E-state index is 14.0. The number of hydrogen-bond donors (Lipinski definition) is 1. The van der Waals surface area contributed by atoms with Gasteiger partial charge in [0.2, 0.25) is 11.8 Å². The van der Waals surface area contributed by atoms with E-state index in [1.807, 2.05) is 52.0 Å². The van der Waals surface area contributed by atoms with Crippen molar-refractivity contribution < 1.29 is 22.7 Å². The number of anilines is 1. The Labute approximate surface area is 241 Å². The fourth-order valence-electron chi connectivity index (χ4n) is 4.36. The van der Waals surface area contributed by atoms with Gasteiger partial charge in [0, 0.05) is 18.1 Å². The van der Waals surface area contributed by atoms with E-state index in [-0.39, 0.29) is 23.0 Å². The first kappa shape index (κ1) is 31.0. The molecular weight excluding hydrogens is 550 g/mol. The summed E-state index contributed by atoms with van der Waals surface area (Å²) in [7, 11) is -4.18. The number of likely N-dealkylation sites (N-methyl/N-ethyl adjacent to an activating group) is 1. The number of carbonyl (C=O) groups excluding carboxylic acids is 2. The highest BCUT2D eigenvalue weighted by Gasteiger charge is 2.33. The van der Waals surface area contributed by atoms with E-state index in [0.29, 0.717) is 30.3 Å². The van der Waals surface area contributed by atoms with Crippen molar-refractivity contribution in [2.75, 3.05) is 24.0 Å². The van der Waals surface area contributed by atoms with Gasteiger partial charge in [0.05, 0.1) is 17.2 Å². The van der Waals surface area contributed by atoms with E-state index in [0.717, 1.165) is 15.4 Å². The van der Waals surface area contributed by atoms with Gasteiger partial charge < -0.3 is 15.0 Å². The molecule has 1 atom stereocenters. The Bertz CT molecular complexity index is 1400. The second-order valence-electron chi connectivity index (χ2n) is 9.22. The molecular formula is C30H36ClN3O5S. The largest absolute Gasteiger partial charge is 0.494 e. The Morgan fingerprint density at radius 2 is 1.65 bits per heavy atom. The number of nitrogens with zero attached hydrogens (tertiary/aromatic N) is 2. The summed E-state index contributed by atoms with van der Waals surface area (Å²) in [6.45, 7) is 7.93. The number of carbonyl (C=O) groups is 2. The summed E-state index contributed by atoms with van der Waals surface area (Å²) >= 11 is 6.00. The lowest BCUT2D eigenvalue weighted by Gasteiger charge is -2.33. The Kier molecular flexibility index (Phi) is 11.0. The molecule has 214 valence electrons. The molecule has 10 heteroatoms. The number of amides is 2. The lowest BCUT2D eigenvalue weighted by Crippen LogP contribution is -2.52. The van der Waals surface area contributed by atoms with Crippen molar-refractivity contribution in [1.29, 1.82) is 0 Å². The van der Waals surface area contributed by atoms with Crippen molar-refractivity contribution in [2.45, 2.75) is 51.6 Å². The Morgan fingerprint density at radius 1 is 0.975 bits per heavy atom. The van der Waals surface area contributed by atoms with Crippen LogP contribution < -0.4 is 14.4 Å². The van der Waals surface area contributed by atoms with Gasteiger partial charge in [-0.05, 0) is 81.3 Å². The molecule has 0 radical (unpaired) electrons. The summed E-state index contributed by atoms with van der Waals surface area (Å²) in [5, 5.41) is 3.19. The molecule has 1 unspecified atom stereocenters. The molecule has 0 saturated carbocycles. The van der Waals surface area contributed by atoms with Gasteiger partial charge in [-0.15, -0.1) is 0 Å². The lowest BCUT2D eigenvalue weighted by atomic mass is 10.1. The first-order valence-corrected chi connectivity index (χ1v) is 15.1. The number of nitrogens with one attached hydrogen (secondary N) is 1. The van der Waals surface area contributed by atoms with E-state index in [1.54, 1.807) is 24.3 Å². The van der Waals surface area contributed by atoms with E-state index < -0.39 is 28.5 Å². The van der Waals surface area contributed by atoms with Crippen molar-refractivity contribution >= 4 is 39.1 Å². The molecule has 8 nitrogen and oxygen atoms in total. The van der Waals surface area contributed by atoms with Gasteiger partial charge >= 0.3 is 0 Å². The van der Waals surface area contributed by atoms with Gasteiger partial charge in [0.1, 0.15) is 18.3 Å². The Balaban J connectivity index is 2.06. The molecule has 40 heavy (non-hydrogen) atoms. The van der Waals surface area contributed by atoms with Crippen molar-refractivity contribution in [1.82, 2.24) is 10.2 Å². The molecule has 0 aromatic heterocycles. The van der Waals surface area contributed by atoms with Crippen molar-refractivity contribution in [3.63, 3.8) is 0 Å². The van der Waals surface area contributed by atoms with Crippen LogP contribution in [0.3, 0.4) is 0 Å². The average Bonchev–Trinajstić information content (AvgIpc) is 2.92. The van der Waals surface area contributed by atoms with Crippen molar-refractivity contribution in [3.05, 3.63) is 88.9 Å². The van der Waals surface area contributed by atoms with Gasteiger partial charge in [0.25, 0.3) is 10.0 Å². The quantitative estimate of drug-likeness (QED) is 0.298. The number of sulfonamides is 1. The van der Waals surface area contributed by atoms with Crippen LogP contribution in [0.15, 0.2) is 77.7 Å². The summed E-state index contributed by atoms with van der Waals surface area (Å²) in [6.07, 6.45) is 0.358. The number of hydrogen-bond acceptors (Lipinski definition) is 5. The first-order valence-electron chi connectivity index (χ1n) is 13.2. The number of benzene rings is 3. The van der Waals surface area contributed by atoms with E-state index in [9.17, 15) is 18.0 Å². The van der Waals surface area contributed by atoms with Crippen LogP contribution in [0, 0.1) is 6.92 Å². The fourth-order valence-corrected chi connectivity index (χ4v) is 5.90. The van der Waals surface area contributed by atoms with Crippen LogP contribution in [0.25, 0.3) is 0 Å². The molecule has 0 aliphatic rings. The molecule has 1 N–H and O–H groups in total. The van der Waals surface area contributed by atoms with Crippen molar-refractivity contribution in [2.24, 2.45) is 0 Å². The van der Waals surface area contributed by atoms with Crippen molar-refractivity contribution in [3.8, 4) is 5.75 Å². The van der Waals surface area contributed by atoms with Gasteiger partial charge in [0.15, 0.2) is 0 Å². The third-order valence-electron chi connectivity index (χ3n) is 6.29. The Hall–Kier alpha value is -3.56. The van der Waals surface area contributed by atoms with Crippen LogP contribution in [0.5, 0.6) is 5.75 Å². The zero-order valence-electron chi connectivity index (χ0n) is 23.3. The molecule has 0 heterocycles. The third kappa shape index (κ3) is 7.76. The number of halogens is 1. The normalized spacial score (nSPS) is 11.9. The first-order chi connectivity index (χ1) is 19.1. The van der Waals surface area contributed by atoms with Gasteiger partial charge in [-0.1, -0.05) is 48.4 Å². The minimum Gasteiger partial charge on any atom is -0.494 e. The van der Waals surface area contributed by atoms with Gasteiger partial charge in [-0.25, -0.2) is 8.42 Å². The maximum Gasteiger partial charge on any atom is 0.264 e. The van der Waals surface area contributed by atoms with Crippen LogP contribution in [0.2, 0.25) is 5.02 Å². The molecule has 0 fully saturated rings. The summed E-state index contributed by atoms with van der Waals surface area (Å²) in [6, 6.07) is 19.1. The van der Waals surface area contributed by atoms with Gasteiger partial charge in [-0.3, -0.25) is 13.9 Å². The number of aryl methyl sites for hydroxylation is 1. The highest BCUT2D eigenvalue weighted by Crippen LogP contribution is 2.27. The fraction of sp³-hybridized carbons (Fsp3) is 0.333. The molecule has 0 bridgehead atoms. The zero-order chi connectivity index (χ0) is 29.3. The lowest BCUT2D eigenvalue weighted by molar-refractivity contribution is -0.140. The summed E-state index contributed by atoms with van der Waals surface area (Å²) in [5.41, 5.74) is 2.13. The van der Waals surface area contributed by atoms with E-state index in [2.05, 4.69) is 5.32 Å². The SMILES string of the molecule is CCNC(=O)C(CC)N(Cc1cccc(C)c1)C(=O)CN(c1ccc(OCC)cc1)S(=O)(=O)c1ccc(Cl)cc1. The highest BCUT2D eigenvalue weighted by molar-refractivity contribution is 7.92. The minimum atomic E-state index is -4.18. The van der Waals surface area contributed by atoms with E-state index in [1.165, 1.54) is 29.2 Å². The third-order valence-corrected chi connectivity index (χ3v) is 8.33. The summed E-state index contributed by atoms with van der Waals surface area (Å²) < 4.78 is 34.4. The molecule has 3 aromatic carbocycles. The molecule has 0 aliphatic heterocycles. The van der Waals surface area contributed by atoms with Crippen LogP contribution >= 0.6 is 11.6 Å². The Morgan fingerprint density at radius 3 is 2.23 bits per heavy atom. The van der Waals surface area contributed by atoms with Gasteiger partial charge in [-0.2, -0.15) is 0 Å². The number of ether oxygens (including phenoxy) is 1. The van der Waals surface area contributed by atoms with E-state index >= 15 is 0 Å².